The molecule has 0 unspecified atom stereocenters. The Morgan fingerprint density at radius 3 is 2.77 bits per heavy atom. The number of aromatic nitrogens is 1. The lowest BCUT2D eigenvalue weighted by Gasteiger charge is -2.09. The van der Waals surface area contributed by atoms with Gasteiger partial charge in [-0.25, -0.2) is 10.5 Å². The Morgan fingerprint density at radius 2 is 1.97 bits per heavy atom. The van der Waals surface area contributed by atoms with Gasteiger partial charge in [0.15, 0.2) is 0 Å². The Labute approximate surface area is 182 Å². The first-order valence-electron chi connectivity index (χ1n) is 9.22. The molecule has 0 fully saturated rings. The largest absolute Gasteiger partial charge is 0.381 e. The Hall–Kier alpha value is -3.19. The molecule has 2 heterocycles. The maximum atomic E-state index is 11.1. The molecule has 0 saturated heterocycles. The Balaban J connectivity index is 1.53. The highest BCUT2D eigenvalue weighted by Gasteiger charge is 2.12. The van der Waals surface area contributed by atoms with E-state index in [1.807, 2.05) is 42.5 Å². The Bertz CT molecular complexity index is 1220. The molecule has 0 spiro atoms. The molecule has 0 bridgehead atoms. The van der Waals surface area contributed by atoms with E-state index in [2.05, 4.69) is 28.5 Å². The molecule has 150 valence electrons. The summed E-state index contributed by atoms with van der Waals surface area (Å²) in [7, 11) is 0. The molecular formula is C23H18ClN3O2S. The van der Waals surface area contributed by atoms with Crippen molar-refractivity contribution < 1.29 is 10.0 Å². The molecular weight excluding hydrogens is 418 g/mol. The van der Waals surface area contributed by atoms with E-state index in [1.165, 1.54) is 6.08 Å². The molecule has 0 radical (unpaired) electrons. The first kappa shape index (κ1) is 20.1. The summed E-state index contributed by atoms with van der Waals surface area (Å²) in [6.07, 6.45) is 4.68. The number of halogens is 1. The molecule has 5 nitrogen and oxygen atoms in total. The van der Waals surface area contributed by atoms with Crippen LogP contribution in [0.3, 0.4) is 0 Å². The summed E-state index contributed by atoms with van der Waals surface area (Å²) in [5.74, 6) is -0.579. The van der Waals surface area contributed by atoms with Crippen LogP contribution < -0.4 is 10.8 Å². The third kappa shape index (κ3) is 4.52. The van der Waals surface area contributed by atoms with E-state index in [1.54, 1.807) is 29.1 Å². The number of nitrogens with one attached hydrogen (secondary N) is 2. The van der Waals surface area contributed by atoms with Gasteiger partial charge in [-0.1, -0.05) is 54.1 Å². The summed E-state index contributed by atoms with van der Waals surface area (Å²) in [6, 6.07) is 19.9. The molecule has 7 heteroatoms. The number of benzene rings is 2. The lowest BCUT2D eigenvalue weighted by molar-refractivity contribution is -0.124. The fourth-order valence-electron chi connectivity index (χ4n) is 3.03. The van der Waals surface area contributed by atoms with Crippen molar-refractivity contribution >= 4 is 50.8 Å². The van der Waals surface area contributed by atoms with Crippen LogP contribution in [-0.4, -0.2) is 16.1 Å². The monoisotopic (exact) mass is 435 g/mol. The van der Waals surface area contributed by atoms with Crippen LogP contribution in [0, 0.1) is 0 Å². The molecule has 0 saturated carbocycles. The second-order valence-corrected chi connectivity index (χ2v) is 7.99. The number of hydroxylamine groups is 1. The molecule has 3 N–H and O–H groups in total. The van der Waals surface area contributed by atoms with E-state index >= 15 is 0 Å². The minimum Gasteiger partial charge on any atom is -0.381 e. The first-order valence-corrected chi connectivity index (χ1v) is 10.4. The van der Waals surface area contributed by atoms with Gasteiger partial charge in [0.2, 0.25) is 0 Å². The molecule has 30 heavy (non-hydrogen) atoms. The zero-order chi connectivity index (χ0) is 20.9. The van der Waals surface area contributed by atoms with Crippen LogP contribution in [0.2, 0.25) is 5.02 Å². The summed E-state index contributed by atoms with van der Waals surface area (Å²) >= 11 is 8.31. The molecule has 0 atom stereocenters. The molecule has 4 rings (SSSR count). The van der Waals surface area contributed by atoms with Crippen molar-refractivity contribution in [2.24, 2.45) is 0 Å². The van der Waals surface area contributed by atoms with Gasteiger partial charge in [-0.05, 0) is 35.4 Å². The Kier molecular flexibility index (Phi) is 6.09. The maximum absolute atomic E-state index is 11.1. The SMILES string of the molecule is O=C(/C=C/c1cccc(NCc2cnc3sc(-c4ccccc4)cc3c2Cl)c1)NO. The van der Waals surface area contributed by atoms with E-state index in [9.17, 15) is 4.79 Å². The molecule has 0 aliphatic heterocycles. The fourth-order valence-corrected chi connectivity index (χ4v) is 4.36. The van der Waals surface area contributed by atoms with E-state index in [0.717, 1.165) is 37.5 Å². The number of hydrogen-bond donors (Lipinski definition) is 3. The van der Waals surface area contributed by atoms with Gasteiger partial charge in [0, 0.05) is 40.3 Å². The number of carbonyl (C=O) groups is 1. The van der Waals surface area contributed by atoms with E-state index in [4.69, 9.17) is 16.8 Å². The topological polar surface area (TPSA) is 74.2 Å². The van der Waals surface area contributed by atoms with Crippen LogP contribution in [0.15, 0.2) is 72.9 Å². The second kappa shape index (κ2) is 9.09. The van der Waals surface area contributed by atoms with Crippen LogP contribution >= 0.6 is 22.9 Å². The van der Waals surface area contributed by atoms with Crippen molar-refractivity contribution in [3.8, 4) is 10.4 Å². The van der Waals surface area contributed by atoms with Gasteiger partial charge in [0.25, 0.3) is 5.91 Å². The molecule has 2 aromatic heterocycles. The third-order valence-corrected chi connectivity index (χ3v) is 6.07. The van der Waals surface area contributed by atoms with Crippen LogP contribution in [0.5, 0.6) is 0 Å². The summed E-state index contributed by atoms with van der Waals surface area (Å²) in [5.41, 5.74) is 5.33. The van der Waals surface area contributed by atoms with Crippen molar-refractivity contribution in [2.75, 3.05) is 5.32 Å². The van der Waals surface area contributed by atoms with Gasteiger partial charge in [-0.2, -0.15) is 0 Å². The standard InChI is InChI=1S/C23H18ClN3O2S/c24-22-17(13-25-18-8-4-5-15(11-18)9-10-21(28)27-29)14-26-23-19(22)12-20(30-23)16-6-2-1-3-7-16/h1-12,14,25,29H,13H2,(H,27,28)/b10-9+. The minimum absolute atomic E-state index is 0.516. The zero-order valence-corrected chi connectivity index (χ0v) is 17.4. The van der Waals surface area contributed by atoms with Crippen molar-refractivity contribution in [1.82, 2.24) is 10.5 Å². The number of thiophene rings is 1. The van der Waals surface area contributed by atoms with Crippen molar-refractivity contribution in [2.45, 2.75) is 6.54 Å². The number of anilines is 1. The van der Waals surface area contributed by atoms with Crippen LogP contribution in [0.1, 0.15) is 11.1 Å². The first-order chi connectivity index (χ1) is 14.6. The maximum Gasteiger partial charge on any atom is 0.267 e. The molecule has 0 aliphatic carbocycles. The van der Waals surface area contributed by atoms with E-state index < -0.39 is 5.91 Å². The highest BCUT2D eigenvalue weighted by molar-refractivity contribution is 7.21. The lowest BCUT2D eigenvalue weighted by atomic mass is 10.1. The molecule has 4 aromatic rings. The average molecular weight is 436 g/mol. The van der Waals surface area contributed by atoms with Crippen LogP contribution in [-0.2, 0) is 11.3 Å². The highest BCUT2D eigenvalue weighted by Crippen LogP contribution is 2.37. The van der Waals surface area contributed by atoms with Gasteiger partial charge in [0.1, 0.15) is 4.83 Å². The number of carbonyl (C=O) groups excluding carboxylic acids is 1. The minimum atomic E-state index is -0.579. The second-order valence-electron chi connectivity index (χ2n) is 6.58. The van der Waals surface area contributed by atoms with Gasteiger partial charge >= 0.3 is 0 Å². The van der Waals surface area contributed by atoms with Crippen molar-refractivity contribution in [1.29, 1.82) is 0 Å². The Morgan fingerprint density at radius 1 is 1.13 bits per heavy atom. The van der Waals surface area contributed by atoms with Gasteiger partial charge in [-0.3, -0.25) is 10.0 Å². The molecule has 2 aromatic carbocycles. The number of hydrogen-bond acceptors (Lipinski definition) is 5. The highest BCUT2D eigenvalue weighted by atomic mass is 35.5. The summed E-state index contributed by atoms with van der Waals surface area (Å²) < 4.78 is 0. The average Bonchev–Trinajstić information content (AvgIpc) is 3.23. The normalized spacial score (nSPS) is 11.1. The number of rotatable bonds is 6. The van der Waals surface area contributed by atoms with E-state index in [-0.39, 0.29) is 0 Å². The van der Waals surface area contributed by atoms with Crippen molar-refractivity contribution in [3.05, 3.63) is 89.1 Å². The summed E-state index contributed by atoms with van der Waals surface area (Å²) in [5, 5.41) is 13.6. The molecule has 1 amide bonds. The number of pyridine rings is 1. The fraction of sp³-hybridized carbons (Fsp3) is 0.0435. The lowest BCUT2D eigenvalue weighted by Crippen LogP contribution is -2.14. The third-order valence-electron chi connectivity index (χ3n) is 4.53. The van der Waals surface area contributed by atoms with Gasteiger partial charge in [0.05, 0.1) is 5.02 Å². The van der Waals surface area contributed by atoms with Crippen LogP contribution in [0.4, 0.5) is 5.69 Å². The number of amides is 1. The molecule has 0 aliphatic rings. The number of nitrogens with zero attached hydrogens (tertiary/aromatic N) is 1. The summed E-state index contributed by atoms with van der Waals surface area (Å²) in [6.45, 7) is 0.516. The zero-order valence-electron chi connectivity index (χ0n) is 15.8. The van der Waals surface area contributed by atoms with Gasteiger partial charge < -0.3 is 5.32 Å². The number of fused-ring (bicyclic) bond motifs is 1. The smallest absolute Gasteiger partial charge is 0.267 e. The quantitative estimate of drug-likeness (QED) is 0.205. The van der Waals surface area contributed by atoms with E-state index in [0.29, 0.717) is 11.6 Å². The summed E-state index contributed by atoms with van der Waals surface area (Å²) in [4.78, 5) is 17.8. The predicted octanol–water partition coefficient (Wildman–Crippen LogP) is 5.75. The predicted molar refractivity (Wildman–Crippen MR) is 123 cm³/mol. The van der Waals surface area contributed by atoms with Crippen molar-refractivity contribution in [3.63, 3.8) is 0 Å². The van der Waals surface area contributed by atoms with Crippen LogP contribution in [0.25, 0.3) is 26.7 Å². The van der Waals surface area contributed by atoms with Gasteiger partial charge in [-0.15, -0.1) is 11.3 Å².